The minimum absolute atomic E-state index is 0.0382. The van der Waals surface area contributed by atoms with Gasteiger partial charge in [0.05, 0.1) is 12.2 Å². The topological polar surface area (TPSA) is 41.6 Å². The van der Waals surface area contributed by atoms with Crippen molar-refractivity contribution in [2.75, 3.05) is 19.6 Å². The number of rotatable bonds is 4. The molecule has 0 spiro atoms. The Morgan fingerprint density at radius 2 is 2.00 bits per heavy atom. The van der Waals surface area contributed by atoms with Gasteiger partial charge in [-0.2, -0.15) is 0 Å². The lowest BCUT2D eigenvalue weighted by molar-refractivity contribution is -0.0948. The van der Waals surface area contributed by atoms with Crippen molar-refractivity contribution in [3.63, 3.8) is 0 Å². The molecule has 22 heavy (non-hydrogen) atoms. The third-order valence-corrected chi connectivity index (χ3v) is 4.54. The van der Waals surface area contributed by atoms with Crippen LogP contribution in [0.5, 0.6) is 0 Å². The summed E-state index contributed by atoms with van der Waals surface area (Å²) in [5.74, 6) is -0.0382. The molecule has 1 heterocycles. The summed E-state index contributed by atoms with van der Waals surface area (Å²) >= 11 is 3.39. The van der Waals surface area contributed by atoms with E-state index in [9.17, 15) is 4.79 Å². The lowest BCUT2D eigenvalue weighted by Gasteiger charge is -2.45. The SMILES string of the molecule is CC1CN(C(C)(C)CNC(=O)c2cccc(Br)c2)CC(C)O1. The number of carbonyl (C=O) groups is 1. The number of hydrogen-bond acceptors (Lipinski definition) is 3. The summed E-state index contributed by atoms with van der Waals surface area (Å²) in [5.41, 5.74) is 0.572. The van der Waals surface area contributed by atoms with E-state index in [0.29, 0.717) is 12.1 Å². The summed E-state index contributed by atoms with van der Waals surface area (Å²) in [6.07, 6.45) is 0.451. The molecule has 1 aromatic rings. The Bertz CT molecular complexity index is 523. The van der Waals surface area contributed by atoms with Crippen molar-refractivity contribution in [3.05, 3.63) is 34.3 Å². The molecule has 1 aliphatic heterocycles. The van der Waals surface area contributed by atoms with Crippen molar-refractivity contribution < 1.29 is 9.53 Å². The van der Waals surface area contributed by atoms with Crippen LogP contribution in [0.4, 0.5) is 0 Å². The second kappa shape index (κ2) is 7.11. The molecule has 2 unspecified atom stereocenters. The van der Waals surface area contributed by atoms with E-state index >= 15 is 0 Å². The Kier molecular flexibility index (Phi) is 5.64. The van der Waals surface area contributed by atoms with Gasteiger partial charge in [0.25, 0.3) is 5.91 Å². The fraction of sp³-hybridized carbons (Fsp3) is 0.588. The number of halogens is 1. The molecule has 122 valence electrons. The first-order valence-electron chi connectivity index (χ1n) is 7.72. The summed E-state index contributed by atoms with van der Waals surface area (Å²) in [5, 5.41) is 3.05. The van der Waals surface area contributed by atoms with Gasteiger partial charge in [0, 0.05) is 35.2 Å². The van der Waals surface area contributed by atoms with Crippen LogP contribution >= 0.6 is 15.9 Å². The monoisotopic (exact) mass is 368 g/mol. The van der Waals surface area contributed by atoms with Crippen LogP contribution < -0.4 is 5.32 Å². The van der Waals surface area contributed by atoms with Crippen molar-refractivity contribution >= 4 is 21.8 Å². The Hall–Kier alpha value is -0.910. The van der Waals surface area contributed by atoms with Crippen LogP contribution in [0.15, 0.2) is 28.7 Å². The molecule has 5 heteroatoms. The van der Waals surface area contributed by atoms with Crippen molar-refractivity contribution in [3.8, 4) is 0 Å². The Balaban J connectivity index is 1.95. The van der Waals surface area contributed by atoms with E-state index in [1.165, 1.54) is 0 Å². The second-order valence-electron chi connectivity index (χ2n) is 6.67. The second-order valence-corrected chi connectivity index (χ2v) is 7.58. The van der Waals surface area contributed by atoms with Gasteiger partial charge >= 0.3 is 0 Å². The molecule has 1 fully saturated rings. The molecule has 1 aliphatic rings. The highest BCUT2D eigenvalue weighted by Gasteiger charge is 2.33. The highest BCUT2D eigenvalue weighted by molar-refractivity contribution is 9.10. The van der Waals surface area contributed by atoms with Gasteiger partial charge in [-0.1, -0.05) is 22.0 Å². The molecule has 1 saturated heterocycles. The molecule has 0 radical (unpaired) electrons. The van der Waals surface area contributed by atoms with Crippen LogP contribution in [-0.4, -0.2) is 48.2 Å². The van der Waals surface area contributed by atoms with E-state index in [0.717, 1.165) is 17.6 Å². The summed E-state index contributed by atoms with van der Waals surface area (Å²) in [4.78, 5) is 14.7. The van der Waals surface area contributed by atoms with Gasteiger partial charge in [0.15, 0.2) is 0 Å². The zero-order valence-electron chi connectivity index (χ0n) is 13.7. The molecule has 1 amide bonds. The van der Waals surface area contributed by atoms with Gasteiger partial charge in [-0.3, -0.25) is 9.69 Å². The maximum Gasteiger partial charge on any atom is 0.251 e. The fourth-order valence-electron chi connectivity index (χ4n) is 2.81. The van der Waals surface area contributed by atoms with Gasteiger partial charge in [-0.15, -0.1) is 0 Å². The third kappa shape index (κ3) is 4.54. The van der Waals surface area contributed by atoms with E-state index in [2.05, 4.69) is 53.8 Å². The minimum Gasteiger partial charge on any atom is -0.373 e. The summed E-state index contributed by atoms with van der Waals surface area (Å²) in [6.45, 7) is 10.9. The van der Waals surface area contributed by atoms with Crippen LogP contribution in [0.3, 0.4) is 0 Å². The number of nitrogens with one attached hydrogen (secondary N) is 1. The molecule has 0 saturated carbocycles. The maximum absolute atomic E-state index is 12.3. The zero-order chi connectivity index (χ0) is 16.3. The molecular weight excluding hydrogens is 344 g/mol. The standard InChI is InChI=1S/C17H25BrN2O2/c1-12-9-20(10-13(2)22-12)17(3,4)11-19-16(21)14-6-5-7-15(18)8-14/h5-8,12-13H,9-11H2,1-4H3,(H,19,21). The molecule has 2 atom stereocenters. The normalized spacial score (nSPS) is 23.3. The molecule has 0 aromatic heterocycles. The molecule has 2 rings (SSSR count). The van der Waals surface area contributed by atoms with Gasteiger partial charge in [-0.05, 0) is 45.9 Å². The average Bonchev–Trinajstić information content (AvgIpc) is 2.44. The zero-order valence-corrected chi connectivity index (χ0v) is 15.3. The predicted molar refractivity (Wildman–Crippen MR) is 92.1 cm³/mol. The molecule has 1 aromatic carbocycles. The highest BCUT2D eigenvalue weighted by Crippen LogP contribution is 2.21. The fourth-order valence-corrected chi connectivity index (χ4v) is 3.21. The predicted octanol–water partition coefficient (Wildman–Crippen LogP) is 3.07. The van der Waals surface area contributed by atoms with E-state index < -0.39 is 0 Å². The smallest absolute Gasteiger partial charge is 0.251 e. The lowest BCUT2D eigenvalue weighted by atomic mass is 10.00. The van der Waals surface area contributed by atoms with E-state index in [1.807, 2.05) is 24.3 Å². The quantitative estimate of drug-likeness (QED) is 0.887. The number of ether oxygens (including phenoxy) is 1. The lowest BCUT2D eigenvalue weighted by Crippen LogP contribution is -2.58. The first-order chi connectivity index (χ1) is 10.3. The molecule has 0 aliphatic carbocycles. The van der Waals surface area contributed by atoms with Crippen LogP contribution in [-0.2, 0) is 4.74 Å². The van der Waals surface area contributed by atoms with Gasteiger partial charge < -0.3 is 10.1 Å². The first-order valence-corrected chi connectivity index (χ1v) is 8.51. The Morgan fingerprint density at radius 1 is 1.36 bits per heavy atom. The molecular formula is C17H25BrN2O2. The number of nitrogens with zero attached hydrogens (tertiary/aromatic N) is 1. The maximum atomic E-state index is 12.3. The van der Waals surface area contributed by atoms with Crippen molar-refractivity contribution in [2.24, 2.45) is 0 Å². The van der Waals surface area contributed by atoms with Crippen molar-refractivity contribution in [1.82, 2.24) is 10.2 Å². The van der Waals surface area contributed by atoms with Crippen LogP contribution in [0.2, 0.25) is 0 Å². The number of morpholine rings is 1. The van der Waals surface area contributed by atoms with E-state index in [4.69, 9.17) is 4.74 Å². The van der Waals surface area contributed by atoms with E-state index in [1.54, 1.807) is 0 Å². The minimum atomic E-state index is -0.103. The van der Waals surface area contributed by atoms with E-state index in [-0.39, 0.29) is 23.7 Å². The highest BCUT2D eigenvalue weighted by atomic mass is 79.9. The van der Waals surface area contributed by atoms with Gasteiger partial charge in [0.1, 0.15) is 0 Å². The average molecular weight is 369 g/mol. The number of benzene rings is 1. The molecule has 0 bridgehead atoms. The number of hydrogen-bond donors (Lipinski definition) is 1. The van der Waals surface area contributed by atoms with Crippen molar-refractivity contribution in [2.45, 2.75) is 45.4 Å². The Labute approximate surface area is 141 Å². The van der Waals surface area contributed by atoms with Gasteiger partial charge in [0.2, 0.25) is 0 Å². The summed E-state index contributed by atoms with van der Waals surface area (Å²) in [6, 6.07) is 7.44. The van der Waals surface area contributed by atoms with Crippen LogP contribution in [0.1, 0.15) is 38.1 Å². The molecule has 1 N–H and O–H groups in total. The summed E-state index contributed by atoms with van der Waals surface area (Å²) in [7, 11) is 0. The first kappa shape index (κ1) is 17.4. The number of carbonyl (C=O) groups excluding carboxylic acids is 1. The van der Waals surface area contributed by atoms with Crippen molar-refractivity contribution in [1.29, 1.82) is 0 Å². The molecule has 4 nitrogen and oxygen atoms in total. The van der Waals surface area contributed by atoms with Crippen LogP contribution in [0, 0.1) is 0 Å². The largest absolute Gasteiger partial charge is 0.373 e. The number of amides is 1. The summed E-state index contributed by atoms with van der Waals surface area (Å²) < 4.78 is 6.70. The third-order valence-electron chi connectivity index (χ3n) is 4.04. The van der Waals surface area contributed by atoms with Gasteiger partial charge in [-0.25, -0.2) is 0 Å². The van der Waals surface area contributed by atoms with Crippen LogP contribution in [0.25, 0.3) is 0 Å². The Morgan fingerprint density at radius 3 is 2.59 bits per heavy atom.